The van der Waals surface area contributed by atoms with E-state index in [1.54, 1.807) is 0 Å². The van der Waals surface area contributed by atoms with Gasteiger partial charge in [-0.05, 0) is 37.5 Å². The van der Waals surface area contributed by atoms with E-state index >= 15 is 0 Å². The SMILES string of the molecule is CCCCCCCCCCCCCCCCCCCCCCCCC(=O)O[C@H](COC(=O)CCCCCCCCCCCCCCCCCCCCC(C)C)COP(=O)(O)OC[C@@H](O)COP(=O)(O)OC[C@@H](COC(=O)CCCCCCCCCCC(C)CC)OC(=O)CCCCCCCCCCCCCCC. The molecule has 0 aliphatic heterocycles. The Morgan fingerprint density at radius 1 is 0.269 bits per heavy atom. The number of hydrogen-bond donors (Lipinski definition) is 3. The van der Waals surface area contributed by atoms with Gasteiger partial charge in [0.1, 0.15) is 19.3 Å². The summed E-state index contributed by atoms with van der Waals surface area (Å²) in [5, 5.41) is 10.7. The van der Waals surface area contributed by atoms with Crippen LogP contribution in [0.4, 0.5) is 0 Å². The van der Waals surface area contributed by atoms with Gasteiger partial charge in [0.05, 0.1) is 26.4 Å². The lowest BCUT2D eigenvalue weighted by Crippen LogP contribution is -2.30. The highest BCUT2D eigenvalue weighted by atomic mass is 31.2. The van der Waals surface area contributed by atoms with Crippen molar-refractivity contribution in [1.82, 2.24) is 0 Å². The molecule has 108 heavy (non-hydrogen) atoms. The van der Waals surface area contributed by atoms with Crippen LogP contribution in [0.15, 0.2) is 0 Å². The Kier molecular flexibility index (Phi) is 78.8. The Labute approximate surface area is 664 Å². The molecule has 6 atom stereocenters. The molecule has 0 rings (SSSR count). The first-order chi connectivity index (χ1) is 52.4. The largest absolute Gasteiger partial charge is 0.472 e. The molecular formula is C89H174O17P2. The van der Waals surface area contributed by atoms with Gasteiger partial charge in [-0.1, -0.05) is 427 Å². The molecule has 0 aromatic heterocycles. The summed E-state index contributed by atoms with van der Waals surface area (Å²) in [6, 6.07) is 0. The van der Waals surface area contributed by atoms with Crippen molar-refractivity contribution >= 4 is 39.5 Å². The zero-order valence-electron chi connectivity index (χ0n) is 71.2. The monoisotopic (exact) mass is 1580 g/mol. The fraction of sp³-hybridized carbons (Fsp3) is 0.955. The van der Waals surface area contributed by atoms with Crippen molar-refractivity contribution in [1.29, 1.82) is 0 Å². The summed E-state index contributed by atoms with van der Waals surface area (Å²) in [6.07, 6.45) is 73.7. The highest BCUT2D eigenvalue weighted by molar-refractivity contribution is 7.47. The van der Waals surface area contributed by atoms with Crippen LogP contribution in [0.25, 0.3) is 0 Å². The second-order valence-electron chi connectivity index (χ2n) is 32.7. The average molecular weight is 1580 g/mol. The number of carbonyl (C=O) groups is 4. The van der Waals surface area contributed by atoms with Crippen LogP contribution >= 0.6 is 15.6 Å². The molecule has 0 aromatic rings. The molecule has 0 saturated carbocycles. The Balaban J connectivity index is 5.22. The quantitative estimate of drug-likeness (QED) is 0.0222. The highest BCUT2D eigenvalue weighted by Crippen LogP contribution is 2.45. The first-order valence-electron chi connectivity index (χ1n) is 46.0. The Bertz CT molecular complexity index is 2070. The van der Waals surface area contributed by atoms with Gasteiger partial charge in [-0.15, -0.1) is 0 Å². The molecule has 0 aliphatic carbocycles. The molecule has 0 fully saturated rings. The van der Waals surface area contributed by atoms with Crippen molar-refractivity contribution < 1.29 is 80.2 Å². The molecule has 0 aliphatic rings. The number of phosphoric ester groups is 2. The van der Waals surface area contributed by atoms with E-state index in [1.807, 2.05) is 0 Å². The van der Waals surface area contributed by atoms with Crippen LogP contribution in [0.2, 0.25) is 0 Å². The van der Waals surface area contributed by atoms with Crippen LogP contribution < -0.4 is 0 Å². The van der Waals surface area contributed by atoms with Crippen molar-refractivity contribution in [2.45, 2.75) is 496 Å². The van der Waals surface area contributed by atoms with E-state index in [0.29, 0.717) is 25.7 Å². The maximum absolute atomic E-state index is 13.2. The van der Waals surface area contributed by atoms with Crippen LogP contribution in [-0.2, 0) is 65.4 Å². The fourth-order valence-corrected chi connectivity index (χ4v) is 15.5. The summed E-state index contributed by atoms with van der Waals surface area (Å²) < 4.78 is 69.0. The molecule has 3 unspecified atom stereocenters. The molecule has 0 spiro atoms. The Morgan fingerprint density at radius 2 is 0.472 bits per heavy atom. The second kappa shape index (κ2) is 80.3. The summed E-state index contributed by atoms with van der Waals surface area (Å²) in [5.74, 6) is -0.498. The molecule has 0 amide bonds. The number of hydrogen-bond acceptors (Lipinski definition) is 15. The average Bonchev–Trinajstić information content (AvgIpc) is 0.899. The zero-order valence-corrected chi connectivity index (χ0v) is 73.0. The van der Waals surface area contributed by atoms with Gasteiger partial charge in [-0.2, -0.15) is 0 Å². The van der Waals surface area contributed by atoms with Gasteiger partial charge >= 0.3 is 39.5 Å². The molecule has 0 radical (unpaired) electrons. The molecule has 642 valence electrons. The van der Waals surface area contributed by atoms with Crippen LogP contribution in [-0.4, -0.2) is 96.7 Å². The van der Waals surface area contributed by atoms with Gasteiger partial charge in [0.25, 0.3) is 0 Å². The fourth-order valence-electron chi connectivity index (χ4n) is 13.9. The molecule has 0 saturated heterocycles. The lowest BCUT2D eigenvalue weighted by Gasteiger charge is -2.21. The van der Waals surface area contributed by atoms with Crippen molar-refractivity contribution in [3.05, 3.63) is 0 Å². The molecule has 17 nitrogen and oxygen atoms in total. The van der Waals surface area contributed by atoms with Crippen molar-refractivity contribution in [3.63, 3.8) is 0 Å². The van der Waals surface area contributed by atoms with E-state index in [9.17, 15) is 43.2 Å². The van der Waals surface area contributed by atoms with E-state index in [2.05, 4.69) is 41.5 Å². The normalized spacial score (nSPS) is 14.0. The van der Waals surface area contributed by atoms with E-state index < -0.39 is 97.5 Å². The van der Waals surface area contributed by atoms with Crippen molar-refractivity contribution in [2.24, 2.45) is 11.8 Å². The van der Waals surface area contributed by atoms with Crippen LogP contribution in [0.3, 0.4) is 0 Å². The van der Waals surface area contributed by atoms with Crippen LogP contribution in [0, 0.1) is 11.8 Å². The number of ether oxygens (including phenoxy) is 4. The Morgan fingerprint density at radius 3 is 0.704 bits per heavy atom. The number of aliphatic hydroxyl groups excluding tert-OH is 1. The van der Waals surface area contributed by atoms with Gasteiger partial charge in [0.2, 0.25) is 0 Å². The third-order valence-corrected chi connectivity index (χ3v) is 23.2. The number of phosphoric acid groups is 2. The third-order valence-electron chi connectivity index (χ3n) is 21.3. The maximum Gasteiger partial charge on any atom is 0.472 e. The van der Waals surface area contributed by atoms with Crippen LogP contribution in [0.5, 0.6) is 0 Å². The first-order valence-corrected chi connectivity index (χ1v) is 49.0. The maximum atomic E-state index is 13.2. The zero-order chi connectivity index (χ0) is 79.2. The minimum atomic E-state index is -4.97. The smallest absolute Gasteiger partial charge is 0.462 e. The predicted molar refractivity (Wildman–Crippen MR) is 446 cm³/mol. The summed E-state index contributed by atoms with van der Waals surface area (Å²) >= 11 is 0. The van der Waals surface area contributed by atoms with Crippen molar-refractivity contribution in [2.75, 3.05) is 39.6 Å². The van der Waals surface area contributed by atoms with E-state index in [4.69, 9.17) is 37.0 Å². The molecule has 0 heterocycles. The lowest BCUT2D eigenvalue weighted by molar-refractivity contribution is -0.161. The van der Waals surface area contributed by atoms with Gasteiger partial charge in [-0.3, -0.25) is 37.3 Å². The Hall–Kier alpha value is -1.94. The number of carbonyl (C=O) groups excluding carboxylic acids is 4. The number of rotatable bonds is 88. The molecular weight excluding hydrogens is 1400 g/mol. The summed E-state index contributed by atoms with van der Waals surface area (Å²) in [7, 11) is -9.93. The molecule has 19 heteroatoms. The lowest BCUT2D eigenvalue weighted by atomic mass is 9.99. The van der Waals surface area contributed by atoms with Crippen molar-refractivity contribution in [3.8, 4) is 0 Å². The van der Waals surface area contributed by atoms with Gasteiger partial charge < -0.3 is 33.8 Å². The molecule has 0 aromatic carbocycles. The van der Waals surface area contributed by atoms with Crippen LogP contribution in [0.1, 0.15) is 478 Å². The minimum absolute atomic E-state index is 0.108. The second-order valence-corrected chi connectivity index (χ2v) is 35.6. The van der Waals surface area contributed by atoms with Gasteiger partial charge in [-0.25, -0.2) is 9.13 Å². The number of unbranched alkanes of at least 4 members (excludes halogenated alkanes) is 57. The summed E-state index contributed by atoms with van der Waals surface area (Å²) in [5.41, 5.74) is 0. The predicted octanol–water partition coefficient (Wildman–Crippen LogP) is 27.4. The third kappa shape index (κ3) is 80.7. The summed E-state index contributed by atoms with van der Waals surface area (Å²) in [6.45, 7) is 9.72. The topological polar surface area (TPSA) is 237 Å². The standard InChI is InChI=1S/C89H174O17P2/c1-7-10-12-14-16-18-20-22-23-24-25-26-27-28-33-36-40-44-48-56-62-68-74-89(94)105-84(77-99-86(91)71-65-59-53-46-42-39-35-32-30-29-31-34-38-41-45-51-57-63-69-81(4)5)79-103-107(95,96)101-75-83(90)76-102-108(97,98)104-80-85(78-100-87(92)72-66-60-54-50-49-52-58-64-70-82(6)9-3)106-88(93)73-67-61-55-47-43-37-21-19-17-15-13-11-8-2/h81-85,90H,7-80H2,1-6H3,(H,95,96)(H,97,98)/t82?,83-,84-,85-/m1/s1. The van der Waals surface area contributed by atoms with E-state index in [1.165, 1.54) is 295 Å². The molecule has 3 N–H and O–H groups in total. The highest BCUT2D eigenvalue weighted by Gasteiger charge is 2.31. The van der Waals surface area contributed by atoms with Gasteiger partial charge in [0.15, 0.2) is 12.2 Å². The van der Waals surface area contributed by atoms with Gasteiger partial charge in [0, 0.05) is 25.7 Å². The minimum Gasteiger partial charge on any atom is -0.462 e. The van der Waals surface area contributed by atoms with E-state index in [-0.39, 0.29) is 25.7 Å². The number of aliphatic hydroxyl groups is 1. The first kappa shape index (κ1) is 106. The number of esters is 4. The summed E-state index contributed by atoms with van der Waals surface area (Å²) in [4.78, 5) is 73.3. The molecule has 0 bridgehead atoms. The van der Waals surface area contributed by atoms with E-state index in [0.717, 1.165) is 102 Å².